The number of aliphatic hydroxyl groups excluding tert-OH is 2. The molecule has 96 valence electrons. The van der Waals surface area contributed by atoms with E-state index in [1.54, 1.807) is 0 Å². The van der Waals surface area contributed by atoms with Crippen LogP contribution in [-0.2, 0) is 0 Å². The van der Waals surface area contributed by atoms with Crippen LogP contribution in [0.25, 0.3) is 0 Å². The lowest BCUT2D eigenvalue weighted by Crippen LogP contribution is -2.36. The van der Waals surface area contributed by atoms with Crippen molar-refractivity contribution >= 4 is 0 Å². The van der Waals surface area contributed by atoms with E-state index in [0.29, 0.717) is 18.5 Å². The van der Waals surface area contributed by atoms with E-state index in [1.165, 1.54) is 6.07 Å². The first-order chi connectivity index (χ1) is 8.10. The summed E-state index contributed by atoms with van der Waals surface area (Å²) in [5, 5.41) is 21.6. The fourth-order valence-electron chi connectivity index (χ4n) is 1.66. The van der Waals surface area contributed by atoms with Crippen LogP contribution in [0.5, 0.6) is 0 Å². The second kappa shape index (κ2) is 6.64. The van der Waals surface area contributed by atoms with Crippen LogP contribution in [0.1, 0.15) is 25.0 Å². The van der Waals surface area contributed by atoms with Crippen LogP contribution in [0.2, 0.25) is 0 Å². The summed E-state index contributed by atoms with van der Waals surface area (Å²) in [4.78, 5) is 0. The van der Waals surface area contributed by atoms with Crippen LogP contribution in [0.3, 0.4) is 0 Å². The minimum Gasteiger partial charge on any atom is -0.395 e. The van der Waals surface area contributed by atoms with E-state index >= 15 is 0 Å². The Morgan fingerprint density at radius 1 is 1.29 bits per heavy atom. The Morgan fingerprint density at radius 3 is 2.53 bits per heavy atom. The molecule has 17 heavy (non-hydrogen) atoms. The first kappa shape index (κ1) is 14.0. The summed E-state index contributed by atoms with van der Waals surface area (Å²) in [5.74, 6) is -1.91. The predicted molar refractivity (Wildman–Crippen MR) is 60.5 cm³/mol. The molecule has 0 fully saturated rings. The fourth-order valence-corrected chi connectivity index (χ4v) is 1.66. The van der Waals surface area contributed by atoms with Crippen LogP contribution < -0.4 is 5.32 Å². The molecule has 0 heterocycles. The van der Waals surface area contributed by atoms with Gasteiger partial charge >= 0.3 is 0 Å². The van der Waals surface area contributed by atoms with Gasteiger partial charge in [0.05, 0.1) is 12.7 Å². The van der Waals surface area contributed by atoms with Crippen LogP contribution in [-0.4, -0.2) is 29.4 Å². The third-order valence-corrected chi connectivity index (χ3v) is 2.62. The quantitative estimate of drug-likeness (QED) is 0.709. The predicted octanol–water partition coefficient (Wildman–Crippen LogP) is 1.36. The Labute approximate surface area is 99.1 Å². The average molecular weight is 245 g/mol. The second-order valence-electron chi connectivity index (χ2n) is 3.81. The Kier molecular flexibility index (Phi) is 5.47. The van der Waals surface area contributed by atoms with E-state index < -0.39 is 17.7 Å². The van der Waals surface area contributed by atoms with Crippen molar-refractivity contribution in [3.05, 3.63) is 35.4 Å². The molecule has 0 bridgehead atoms. The SMILES string of the molecule is CCC(NCCO)C(O)c1ccc(F)c(F)c1. The summed E-state index contributed by atoms with van der Waals surface area (Å²) in [6.07, 6.45) is -0.318. The van der Waals surface area contributed by atoms with Crippen LogP contribution >= 0.6 is 0 Å². The number of aliphatic hydroxyl groups is 2. The molecular weight excluding hydrogens is 228 g/mol. The van der Waals surface area contributed by atoms with Crippen molar-refractivity contribution in [1.29, 1.82) is 0 Å². The van der Waals surface area contributed by atoms with E-state index in [9.17, 15) is 13.9 Å². The highest BCUT2D eigenvalue weighted by atomic mass is 19.2. The summed E-state index contributed by atoms with van der Waals surface area (Å²) < 4.78 is 25.8. The van der Waals surface area contributed by atoms with Gasteiger partial charge in [-0.15, -0.1) is 0 Å². The number of halogens is 2. The maximum atomic E-state index is 13.0. The smallest absolute Gasteiger partial charge is 0.159 e. The molecule has 0 aliphatic heterocycles. The first-order valence-corrected chi connectivity index (χ1v) is 5.57. The maximum absolute atomic E-state index is 13.0. The monoisotopic (exact) mass is 245 g/mol. The largest absolute Gasteiger partial charge is 0.395 e. The van der Waals surface area contributed by atoms with Crippen LogP contribution in [0.15, 0.2) is 18.2 Å². The van der Waals surface area contributed by atoms with Gasteiger partial charge in [-0.3, -0.25) is 0 Å². The maximum Gasteiger partial charge on any atom is 0.159 e. The number of nitrogens with one attached hydrogen (secondary N) is 1. The van der Waals surface area contributed by atoms with E-state index in [2.05, 4.69) is 5.32 Å². The third kappa shape index (κ3) is 3.73. The number of rotatable bonds is 6. The standard InChI is InChI=1S/C12H17F2NO2/c1-2-11(15-5-6-16)12(17)8-3-4-9(13)10(14)7-8/h3-4,7,11-12,15-17H,2,5-6H2,1H3. The molecule has 2 atom stereocenters. The summed E-state index contributed by atoms with van der Waals surface area (Å²) in [6.45, 7) is 2.17. The summed E-state index contributed by atoms with van der Waals surface area (Å²) in [6, 6.07) is 3.04. The van der Waals surface area contributed by atoms with Crippen LogP contribution in [0.4, 0.5) is 8.78 Å². The van der Waals surface area contributed by atoms with E-state index in [-0.39, 0.29) is 12.6 Å². The molecule has 3 N–H and O–H groups in total. The minimum atomic E-state index is -0.974. The molecule has 5 heteroatoms. The van der Waals surface area contributed by atoms with Gasteiger partial charge in [-0.25, -0.2) is 8.78 Å². The summed E-state index contributed by atoms with van der Waals surface area (Å²) >= 11 is 0. The van der Waals surface area contributed by atoms with Gasteiger partial charge in [-0.1, -0.05) is 13.0 Å². The van der Waals surface area contributed by atoms with Crippen molar-refractivity contribution in [2.24, 2.45) is 0 Å². The molecule has 0 radical (unpaired) electrons. The molecule has 0 spiro atoms. The number of hydrogen-bond donors (Lipinski definition) is 3. The van der Waals surface area contributed by atoms with Crippen molar-refractivity contribution in [1.82, 2.24) is 5.32 Å². The lowest BCUT2D eigenvalue weighted by atomic mass is 10.00. The van der Waals surface area contributed by atoms with Gasteiger partial charge in [0.15, 0.2) is 11.6 Å². The number of benzene rings is 1. The molecule has 0 saturated carbocycles. The Balaban J connectivity index is 2.78. The molecule has 0 aliphatic carbocycles. The second-order valence-corrected chi connectivity index (χ2v) is 3.81. The molecule has 0 amide bonds. The lowest BCUT2D eigenvalue weighted by molar-refractivity contribution is 0.121. The molecule has 1 aromatic rings. The highest BCUT2D eigenvalue weighted by Gasteiger charge is 2.19. The molecule has 2 unspecified atom stereocenters. The van der Waals surface area contributed by atoms with Gasteiger partial charge in [-0.2, -0.15) is 0 Å². The Hall–Kier alpha value is -1.04. The van der Waals surface area contributed by atoms with E-state index in [1.807, 2.05) is 6.92 Å². The van der Waals surface area contributed by atoms with E-state index in [4.69, 9.17) is 5.11 Å². The molecule has 3 nitrogen and oxygen atoms in total. The highest BCUT2D eigenvalue weighted by molar-refractivity contribution is 5.21. The average Bonchev–Trinajstić information content (AvgIpc) is 2.33. The molecular formula is C12H17F2NO2. The van der Waals surface area contributed by atoms with Gasteiger partial charge in [0.25, 0.3) is 0 Å². The molecule has 0 saturated heterocycles. The number of hydrogen-bond acceptors (Lipinski definition) is 3. The minimum absolute atomic E-state index is 0.0407. The normalized spacial score (nSPS) is 14.6. The van der Waals surface area contributed by atoms with Gasteiger partial charge < -0.3 is 15.5 Å². The Bertz CT molecular complexity index is 360. The zero-order valence-electron chi connectivity index (χ0n) is 9.66. The van der Waals surface area contributed by atoms with Gasteiger partial charge in [0.1, 0.15) is 0 Å². The summed E-state index contributed by atoms with van der Waals surface area (Å²) in [5.41, 5.74) is 0.321. The van der Waals surface area contributed by atoms with Crippen molar-refractivity contribution < 1.29 is 19.0 Å². The fraction of sp³-hybridized carbons (Fsp3) is 0.500. The zero-order valence-corrected chi connectivity index (χ0v) is 9.66. The molecule has 0 aliphatic rings. The van der Waals surface area contributed by atoms with Crippen molar-refractivity contribution in [2.75, 3.05) is 13.2 Å². The molecule has 0 aromatic heterocycles. The van der Waals surface area contributed by atoms with Crippen LogP contribution in [0, 0.1) is 11.6 Å². The zero-order chi connectivity index (χ0) is 12.8. The van der Waals surface area contributed by atoms with Crippen molar-refractivity contribution in [3.63, 3.8) is 0 Å². The molecule has 1 rings (SSSR count). The summed E-state index contributed by atoms with van der Waals surface area (Å²) in [7, 11) is 0. The lowest BCUT2D eigenvalue weighted by Gasteiger charge is -2.23. The Morgan fingerprint density at radius 2 is 2.00 bits per heavy atom. The van der Waals surface area contributed by atoms with Crippen molar-refractivity contribution in [3.8, 4) is 0 Å². The van der Waals surface area contributed by atoms with Gasteiger partial charge in [0.2, 0.25) is 0 Å². The molecule has 1 aromatic carbocycles. The van der Waals surface area contributed by atoms with Gasteiger partial charge in [0, 0.05) is 12.6 Å². The highest BCUT2D eigenvalue weighted by Crippen LogP contribution is 2.20. The van der Waals surface area contributed by atoms with E-state index in [0.717, 1.165) is 12.1 Å². The van der Waals surface area contributed by atoms with Crippen molar-refractivity contribution in [2.45, 2.75) is 25.5 Å². The topological polar surface area (TPSA) is 52.5 Å². The van der Waals surface area contributed by atoms with Gasteiger partial charge in [-0.05, 0) is 24.1 Å². The first-order valence-electron chi connectivity index (χ1n) is 5.57. The third-order valence-electron chi connectivity index (χ3n) is 2.62.